The molecular formula is C17H12N4O3. The molecule has 4 rings (SSSR count). The van der Waals surface area contributed by atoms with E-state index in [1.165, 1.54) is 6.20 Å². The number of rotatable bonds is 3. The molecule has 7 heteroatoms. The highest BCUT2D eigenvalue weighted by atomic mass is 16.2. The Labute approximate surface area is 137 Å². The lowest BCUT2D eigenvalue weighted by Gasteiger charge is -2.15. The third-order valence-electron chi connectivity index (χ3n) is 4.07. The second-order valence-electron chi connectivity index (χ2n) is 5.47. The molecule has 24 heavy (non-hydrogen) atoms. The lowest BCUT2D eigenvalue weighted by Crippen LogP contribution is -2.36. The SMILES string of the molecule is O=C(C1=NNC2C(=O)N(c3ccccc3)C(=O)C12)c1ccccn1. The number of imide groups is 1. The van der Waals surface area contributed by atoms with Crippen molar-refractivity contribution in [1.29, 1.82) is 0 Å². The monoisotopic (exact) mass is 320 g/mol. The van der Waals surface area contributed by atoms with E-state index in [4.69, 9.17) is 0 Å². The Kier molecular flexibility index (Phi) is 3.19. The number of hydrogen-bond donors (Lipinski definition) is 1. The van der Waals surface area contributed by atoms with Crippen molar-refractivity contribution in [2.45, 2.75) is 6.04 Å². The van der Waals surface area contributed by atoms with Crippen LogP contribution in [-0.4, -0.2) is 34.3 Å². The number of para-hydroxylation sites is 1. The highest BCUT2D eigenvalue weighted by Gasteiger charge is 2.55. The highest BCUT2D eigenvalue weighted by molar-refractivity contribution is 6.52. The lowest BCUT2D eigenvalue weighted by molar-refractivity contribution is -0.122. The van der Waals surface area contributed by atoms with Crippen LogP contribution in [-0.2, 0) is 9.59 Å². The van der Waals surface area contributed by atoms with Gasteiger partial charge in [0.1, 0.15) is 23.4 Å². The number of benzene rings is 1. The number of hydrogen-bond acceptors (Lipinski definition) is 6. The zero-order valence-corrected chi connectivity index (χ0v) is 12.4. The third kappa shape index (κ3) is 2.02. The molecule has 2 aliphatic heterocycles. The molecule has 0 saturated carbocycles. The Morgan fingerprint density at radius 1 is 1.00 bits per heavy atom. The van der Waals surface area contributed by atoms with Gasteiger partial charge in [0.15, 0.2) is 0 Å². The van der Waals surface area contributed by atoms with Crippen LogP contribution in [0, 0.1) is 5.92 Å². The summed E-state index contributed by atoms with van der Waals surface area (Å²) < 4.78 is 0. The fourth-order valence-corrected chi connectivity index (χ4v) is 2.94. The number of carbonyl (C=O) groups is 3. The predicted octanol–water partition coefficient (Wildman–Crippen LogP) is 0.782. The Bertz CT molecular complexity index is 864. The van der Waals surface area contributed by atoms with E-state index in [1.807, 2.05) is 0 Å². The van der Waals surface area contributed by atoms with Crippen molar-refractivity contribution in [3.8, 4) is 0 Å². The van der Waals surface area contributed by atoms with Crippen molar-refractivity contribution in [1.82, 2.24) is 10.4 Å². The fraction of sp³-hybridized carbons (Fsp3) is 0.118. The van der Waals surface area contributed by atoms with E-state index in [1.54, 1.807) is 48.5 Å². The molecule has 1 aromatic heterocycles. The molecule has 2 unspecified atom stereocenters. The van der Waals surface area contributed by atoms with Gasteiger partial charge in [0, 0.05) is 6.20 Å². The Hall–Kier alpha value is -3.35. The van der Waals surface area contributed by atoms with Crippen LogP contribution in [0.5, 0.6) is 0 Å². The summed E-state index contributed by atoms with van der Waals surface area (Å²) in [6.07, 6.45) is 1.49. The van der Waals surface area contributed by atoms with Gasteiger partial charge in [-0.25, -0.2) is 4.90 Å². The Morgan fingerprint density at radius 2 is 1.75 bits per heavy atom. The van der Waals surface area contributed by atoms with Crippen LogP contribution in [0.2, 0.25) is 0 Å². The number of nitrogens with zero attached hydrogens (tertiary/aromatic N) is 3. The van der Waals surface area contributed by atoms with Crippen molar-refractivity contribution >= 4 is 29.0 Å². The molecular weight excluding hydrogens is 308 g/mol. The van der Waals surface area contributed by atoms with Crippen LogP contribution in [0.3, 0.4) is 0 Å². The lowest BCUT2D eigenvalue weighted by atomic mass is 9.94. The topological polar surface area (TPSA) is 91.7 Å². The molecule has 0 spiro atoms. The van der Waals surface area contributed by atoms with E-state index in [9.17, 15) is 14.4 Å². The summed E-state index contributed by atoms with van der Waals surface area (Å²) in [5, 5.41) is 3.93. The van der Waals surface area contributed by atoms with Gasteiger partial charge in [0.2, 0.25) is 11.7 Å². The number of pyridine rings is 1. The summed E-state index contributed by atoms with van der Waals surface area (Å²) in [5.74, 6) is -2.24. The molecule has 118 valence electrons. The van der Waals surface area contributed by atoms with E-state index in [-0.39, 0.29) is 11.4 Å². The quantitative estimate of drug-likeness (QED) is 0.666. The van der Waals surface area contributed by atoms with Crippen molar-refractivity contribution in [3.63, 3.8) is 0 Å². The molecule has 2 aliphatic rings. The van der Waals surface area contributed by atoms with Crippen LogP contribution in [0.1, 0.15) is 10.5 Å². The van der Waals surface area contributed by atoms with Gasteiger partial charge in [-0.15, -0.1) is 0 Å². The first-order chi connectivity index (χ1) is 11.7. The smallest absolute Gasteiger partial charge is 0.259 e. The number of aromatic nitrogens is 1. The van der Waals surface area contributed by atoms with Crippen molar-refractivity contribution in [2.24, 2.45) is 11.0 Å². The van der Waals surface area contributed by atoms with Crippen LogP contribution in [0.25, 0.3) is 0 Å². The van der Waals surface area contributed by atoms with Crippen LogP contribution in [0.15, 0.2) is 59.8 Å². The standard InChI is InChI=1S/C17H12N4O3/c22-15(11-8-4-5-9-18-11)13-12-14(20-19-13)17(24)21(16(12)23)10-6-2-1-3-7-10/h1-9,12,14,20H. The van der Waals surface area contributed by atoms with Crippen LogP contribution in [0.4, 0.5) is 5.69 Å². The molecule has 3 heterocycles. The highest BCUT2D eigenvalue weighted by Crippen LogP contribution is 2.31. The molecule has 1 aromatic carbocycles. The minimum absolute atomic E-state index is 0.0236. The summed E-state index contributed by atoms with van der Waals surface area (Å²) in [4.78, 5) is 43.0. The molecule has 0 bridgehead atoms. The summed E-state index contributed by atoms with van der Waals surface area (Å²) >= 11 is 0. The van der Waals surface area contributed by atoms with Crippen molar-refractivity contribution in [3.05, 3.63) is 60.4 Å². The number of amides is 2. The van der Waals surface area contributed by atoms with Gasteiger partial charge in [0.05, 0.1) is 5.69 Å². The minimum atomic E-state index is -0.924. The molecule has 0 aliphatic carbocycles. The van der Waals surface area contributed by atoms with Gasteiger partial charge in [-0.3, -0.25) is 24.8 Å². The Morgan fingerprint density at radius 3 is 2.46 bits per heavy atom. The summed E-state index contributed by atoms with van der Waals surface area (Å²) in [6.45, 7) is 0. The van der Waals surface area contributed by atoms with E-state index in [0.29, 0.717) is 5.69 Å². The second-order valence-corrected chi connectivity index (χ2v) is 5.47. The summed E-state index contributed by atoms with van der Waals surface area (Å²) in [6, 6.07) is 12.7. The van der Waals surface area contributed by atoms with Gasteiger partial charge in [-0.05, 0) is 24.3 Å². The van der Waals surface area contributed by atoms with Gasteiger partial charge in [-0.1, -0.05) is 24.3 Å². The van der Waals surface area contributed by atoms with Crippen molar-refractivity contribution < 1.29 is 14.4 Å². The zero-order valence-electron chi connectivity index (χ0n) is 12.4. The van der Waals surface area contributed by atoms with Crippen LogP contribution < -0.4 is 10.3 Å². The molecule has 1 N–H and O–H groups in total. The predicted molar refractivity (Wildman–Crippen MR) is 85.4 cm³/mol. The van der Waals surface area contributed by atoms with Gasteiger partial charge < -0.3 is 0 Å². The minimum Gasteiger partial charge on any atom is -0.296 e. The molecule has 2 atom stereocenters. The molecule has 7 nitrogen and oxygen atoms in total. The zero-order chi connectivity index (χ0) is 16.7. The first kappa shape index (κ1) is 14.3. The third-order valence-corrected chi connectivity index (χ3v) is 4.07. The van der Waals surface area contributed by atoms with E-state index >= 15 is 0 Å². The Balaban J connectivity index is 1.68. The largest absolute Gasteiger partial charge is 0.296 e. The normalized spacial score (nSPS) is 22.2. The average molecular weight is 320 g/mol. The maximum Gasteiger partial charge on any atom is 0.259 e. The molecule has 2 amide bonds. The second kappa shape index (κ2) is 5.38. The molecule has 2 aromatic rings. The van der Waals surface area contributed by atoms with E-state index in [2.05, 4.69) is 15.5 Å². The van der Waals surface area contributed by atoms with E-state index in [0.717, 1.165) is 4.90 Å². The number of anilines is 1. The van der Waals surface area contributed by atoms with Gasteiger partial charge >= 0.3 is 0 Å². The first-order valence-electron chi connectivity index (χ1n) is 7.40. The maximum absolute atomic E-state index is 12.8. The van der Waals surface area contributed by atoms with Crippen molar-refractivity contribution in [2.75, 3.05) is 4.90 Å². The molecule has 1 saturated heterocycles. The summed E-state index contributed by atoms with van der Waals surface area (Å²) in [5.41, 5.74) is 3.32. The summed E-state index contributed by atoms with van der Waals surface area (Å²) in [7, 11) is 0. The number of nitrogens with one attached hydrogen (secondary N) is 1. The van der Waals surface area contributed by atoms with Gasteiger partial charge in [0.25, 0.3) is 5.91 Å². The first-order valence-corrected chi connectivity index (χ1v) is 7.40. The molecule has 1 fully saturated rings. The van der Waals surface area contributed by atoms with Crippen LogP contribution >= 0.6 is 0 Å². The van der Waals surface area contributed by atoms with E-state index < -0.39 is 29.6 Å². The number of carbonyl (C=O) groups excluding carboxylic acids is 3. The maximum atomic E-state index is 12.8. The average Bonchev–Trinajstić information content (AvgIpc) is 3.17. The number of Topliss-reactive ketones (excluding diaryl/α,β-unsaturated/α-hetero) is 1. The number of hydrazone groups is 1. The fourth-order valence-electron chi connectivity index (χ4n) is 2.94. The molecule has 0 radical (unpaired) electrons. The number of ketones is 1. The number of fused-ring (bicyclic) bond motifs is 1. The van der Waals surface area contributed by atoms with Gasteiger partial charge in [-0.2, -0.15) is 5.10 Å².